The molecule has 6 rings (SSSR count). The molecule has 6 nitrogen and oxygen atoms in total. The van der Waals surface area contributed by atoms with Crippen molar-refractivity contribution < 1.29 is 9.59 Å². The van der Waals surface area contributed by atoms with Gasteiger partial charge in [-0.2, -0.15) is 0 Å². The van der Waals surface area contributed by atoms with Gasteiger partial charge in [-0.3, -0.25) is 23.9 Å². The summed E-state index contributed by atoms with van der Waals surface area (Å²) in [6.07, 6.45) is 0.269. The largest absolute Gasteiger partial charge is 0.336 e. The van der Waals surface area contributed by atoms with Crippen molar-refractivity contribution in [3.05, 3.63) is 140 Å². The fraction of sp³-hybridized carbons (Fsp3) is 0.216. The van der Waals surface area contributed by atoms with Crippen LogP contribution in [0.15, 0.2) is 112 Å². The molecule has 0 saturated carbocycles. The summed E-state index contributed by atoms with van der Waals surface area (Å²) in [5.41, 5.74) is 4.58. The third-order valence-corrected chi connectivity index (χ3v) is 8.82. The lowest BCUT2D eigenvalue weighted by Gasteiger charge is -2.34. The van der Waals surface area contributed by atoms with Gasteiger partial charge in [0.15, 0.2) is 5.78 Å². The molecule has 0 bridgehead atoms. The number of amides is 1. The van der Waals surface area contributed by atoms with Gasteiger partial charge in [-0.05, 0) is 52.4 Å². The summed E-state index contributed by atoms with van der Waals surface area (Å²) >= 11 is 3.55. The number of ketones is 1. The first-order chi connectivity index (χ1) is 21.4. The Morgan fingerprint density at radius 2 is 1.36 bits per heavy atom. The van der Waals surface area contributed by atoms with Crippen LogP contribution in [-0.2, 0) is 13.1 Å². The van der Waals surface area contributed by atoms with Gasteiger partial charge >= 0.3 is 0 Å². The Hall–Kier alpha value is -4.33. The van der Waals surface area contributed by atoms with E-state index in [9.17, 15) is 14.4 Å². The lowest BCUT2D eigenvalue weighted by atomic mass is 9.94. The Bertz CT molecular complexity index is 1860. The van der Waals surface area contributed by atoms with E-state index in [-0.39, 0.29) is 30.2 Å². The van der Waals surface area contributed by atoms with Gasteiger partial charge in [-0.1, -0.05) is 95.7 Å². The zero-order valence-electron chi connectivity index (χ0n) is 24.7. The predicted molar refractivity (Wildman–Crippen MR) is 179 cm³/mol. The van der Waals surface area contributed by atoms with Crippen molar-refractivity contribution in [2.24, 2.45) is 0 Å². The molecule has 2 heterocycles. The lowest BCUT2D eigenvalue weighted by molar-refractivity contribution is 0.0628. The van der Waals surface area contributed by atoms with Crippen molar-refractivity contribution in [2.75, 3.05) is 26.2 Å². The standard InChI is InChI=1S/C37H34BrN3O3/c1-2-33(42)35-34(28-11-7-4-8-12-28)32-23-30(38)17-18-31(32)37(44)41(35)25-27-13-15-29(16-14-27)36(43)40-21-19-39(20-22-40)24-26-9-5-3-6-10-26/h3-18,23H,2,19-22,24-25H2,1H3. The topological polar surface area (TPSA) is 62.6 Å². The van der Waals surface area contributed by atoms with Crippen LogP contribution in [0.25, 0.3) is 21.9 Å². The Balaban J connectivity index is 1.27. The third-order valence-electron chi connectivity index (χ3n) is 8.33. The molecule has 7 heteroatoms. The number of fused-ring (bicyclic) bond motifs is 1. The molecule has 44 heavy (non-hydrogen) atoms. The van der Waals surface area contributed by atoms with Crippen LogP contribution in [0.2, 0.25) is 0 Å². The number of hydrogen-bond donors (Lipinski definition) is 0. The monoisotopic (exact) mass is 647 g/mol. The van der Waals surface area contributed by atoms with Gasteiger partial charge in [0.2, 0.25) is 0 Å². The lowest BCUT2D eigenvalue weighted by Crippen LogP contribution is -2.48. The molecule has 1 aromatic heterocycles. The van der Waals surface area contributed by atoms with Crippen molar-refractivity contribution in [1.29, 1.82) is 0 Å². The van der Waals surface area contributed by atoms with Gasteiger partial charge in [-0.25, -0.2) is 0 Å². The van der Waals surface area contributed by atoms with Crippen LogP contribution in [-0.4, -0.2) is 52.2 Å². The average molecular weight is 649 g/mol. The van der Waals surface area contributed by atoms with E-state index in [1.165, 1.54) is 5.56 Å². The smallest absolute Gasteiger partial charge is 0.259 e. The molecule has 0 spiro atoms. The van der Waals surface area contributed by atoms with Crippen molar-refractivity contribution >= 4 is 38.4 Å². The Morgan fingerprint density at radius 3 is 2.02 bits per heavy atom. The number of piperazine rings is 1. The zero-order chi connectivity index (χ0) is 30.6. The minimum Gasteiger partial charge on any atom is -0.336 e. The highest BCUT2D eigenvalue weighted by atomic mass is 79.9. The summed E-state index contributed by atoms with van der Waals surface area (Å²) in [4.78, 5) is 45.1. The van der Waals surface area contributed by atoms with Crippen LogP contribution in [0.5, 0.6) is 0 Å². The molecular weight excluding hydrogens is 614 g/mol. The van der Waals surface area contributed by atoms with Gasteiger partial charge in [0, 0.05) is 60.1 Å². The van der Waals surface area contributed by atoms with Gasteiger partial charge in [0.05, 0.1) is 12.2 Å². The third kappa shape index (κ3) is 6.16. The summed E-state index contributed by atoms with van der Waals surface area (Å²) in [5, 5.41) is 1.30. The number of nitrogens with zero attached hydrogens (tertiary/aromatic N) is 3. The molecule has 222 valence electrons. The molecule has 0 unspecified atom stereocenters. The molecule has 1 saturated heterocycles. The second kappa shape index (κ2) is 13.1. The molecular formula is C37H34BrN3O3. The molecule has 1 amide bonds. The van der Waals surface area contributed by atoms with E-state index >= 15 is 0 Å². The van der Waals surface area contributed by atoms with Crippen molar-refractivity contribution in [1.82, 2.24) is 14.4 Å². The van der Waals surface area contributed by atoms with E-state index in [0.717, 1.165) is 46.2 Å². The zero-order valence-corrected chi connectivity index (χ0v) is 26.3. The highest BCUT2D eigenvalue weighted by Gasteiger charge is 2.24. The molecule has 0 radical (unpaired) electrons. The molecule has 0 aliphatic carbocycles. The highest BCUT2D eigenvalue weighted by molar-refractivity contribution is 9.10. The number of benzene rings is 4. The number of Topliss-reactive ketones (excluding diaryl/α,β-unsaturated/α-hetero) is 1. The molecule has 1 aliphatic rings. The average Bonchev–Trinajstić information content (AvgIpc) is 3.06. The molecule has 4 aromatic carbocycles. The van der Waals surface area contributed by atoms with E-state index in [0.29, 0.717) is 29.7 Å². The molecule has 5 aromatic rings. The number of carbonyl (C=O) groups is 2. The molecule has 1 fully saturated rings. The number of hydrogen-bond acceptors (Lipinski definition) is 4. The maximum atomic E-state index is 13.9. The Kier molecular flexibility index (Phi) is 8.87. The first-order valence-corrected chi connectivity index (χ1v) is 15.8. The van der Waals surface area contributed by atoms with Gasteiger partial charge < -0.3 is 4.90 Å². The van der Waals surface area contributed by atoms with Gasteiger partial charge in [0.1, 0.15) is 0 Å². The first kappa shape index (κ1) is 29.7. The summed E-state index contributed by atoms with van der Waals surface area (Å²) in [5.74, 6) is -0.0846. The van der Waals surface area contributed by atoms with E-state index in [1.54, 1.807) is 4.57 Å². The normalized spacial score (nSPS) is 13.7. The Labute approximate surface area is 265 Å². The fourth-order valence-corrected chi connectivity index (χ4v) is 6.35. The van der Waals surface area contributed by atoms with E-state index in [2.05, 4.69) is 45.1 Å². The summed E-state index contributed by atoms with van der Waals surface area (Å²) in [7, 11) is 0. The second-order valence-electron chi connectivity index (χ2n) is 11.2. The second-order valence-corrected chi connectivity index (χ2v) is 12.1. The first-order valence-electron chi connectivity index (χ1n) is 15.0. The van der Waals surface area contributed by atoms with Crippen LogP contribution in [0, 0.1) is 0 Å². The van der Waals surface area contributed by atoms with E-state index in [4.69, 9.17) is 0 Å². The maximum absolute atomic E-state index is 13.9. The van der Waals surface area contributed by atoms with E-state index in [1.807, 2.05) is 90.7 Å². The highest BCUT2D eigenvalue weighted by Crippen LogP contribution is 2.33. The number of halogens is 1. The van der Waals surface area contributed by atoms with Crippen LogP contribution in [0.4, 0.5) is 0 Å². The minimum atomic E-state index is -0.211. The van der Waals surface area contributed by atoms with Crippen LogP contribution in [0.1, 0.15) is 45.3 Å². The quantitative estimate of drug-likeness (QED) is 0.170. The van der Waals surface area contributed by atoms with Crippen LogP contribution >= 0.6 is 15.9 Å². The van der Waals surface area contributed by atoms with Gasteiger partial charge in [0.25, 0.3) is 11.5 Å². The van der Waals surface area contributed by atoms with E-state index < -0.39 is 0 Å². The predicted octanol–water partition coefficient (Wildman–Crippen LogP) is 7.03. The number of aromatic nitrogens is 1. The van der Waals surface area contributed by atoms with Crippen molar-refractivity contribution in [2.45, 2.75) is 26.4 Å². The van der Waals surface area contributed by atoms with Gasteiger partial charge in [-0.15, -0.1) is 0 Å². The molecule has 0 N–H and O–H groups in total. The minimum absolute atomic E-state index is 0.0116. The maximum Gasteiger partial charge on any atom is 0.259 e. The van der Waals surface area contributed by atoms with Crippen LogP contribution in [0.3, 0.4) is 0 Å². The summed E-state index contributed by atoms with van der Waals surface area (Å²) in [6.45, 7) is 5.95. The fourth-order valence-electron chi connectivity index (χ4n) is 5.99. The molecule has 0 atom stereocenters. The molecule has 1 aliphatic heterocycles. The number of carbonyl (C=O) groups excluding carboxylic acids is 2. The summed E-state index contributed by atoms with van der Waals surface area (Å²) in [6, 6.07) is 33.2. The van der Waals surface area contributed by atoms with Crippen molar-refractivity contribution in [3.8, 4) is 11.1 Å². The Morgan fingerprint density at radius 1 is 0.727 bits per heavy atom. The summed E-state index contributed by atoms with van der Waals surface area (Å²) < 4.78 is 2.44. The van der Waals surface area contributed by atoms with Crippen LogP contribution < -0.4 is 5.56 Å². The number of rotatable bonds is 8. The number of pyridine rings is 1. The SMILES string of the molecule is CCC(=O)c1c(-c2ccccc2)c2cc(Br)ccc2c(=O)n1Cc1ccc(C(=O)N2CCN(Cc3ccccc3)CC2)cc1. The van der Waals surface area contributed by atoms with Crippen molar-refractivity contribution in [3.63, 3.8) is 0 Å².